The van der Waals surface area contributed by atoms with E-state index < -0.39 is 0 Å². The molecule has 0 aliphatic heterocycles. The largest absolute Gasteiger partial charge is 0.329 e. The highest BCUT2D eigenvalue weighted by Crippen LogP contribution is 2.20. The van der Waals surface area contributed by atoms with Crippen LogP contribution in [0.5, 0.6) is 0 Å². The predicted octanol–water partition coefficient (Wildman–Crippen LogP) is 1.87. The lowest BCUT2D eigenvalue weighted by molar-refractivity contribution is 0.275. The number of nitrogens with zero attached hydrogens (tertiary/aromatic N) is 1. The van der Waals surface area contributed by atoms with Crippen LogP contribution in [-0.2, 0) is 0 Å². The lowest BCUT2D eigenvalue weighted by atomic mass is 9.87. The SMILES string of the molecule is CCC(C)C(CCCNCCN(CCN)CCN)CNC(C)C(C)C. The molecule has 0 saturated carbocycles. The summed E-state index contributed by atoms with van der Waals surface area (Å²) in [5.41, 5.74) is 11.3. The van der Waals surface area contributed by atoms with Gasteiger partial charge in [0.1, 0.15) is 0 Å². The standard InChI is InChI=1S/C20H47N5/c1-6-18(4)20(16-24-19(5)17(2)3)8-7-11-23-12-15-25(13-9-21)14-10-22/h17-20,23-24H,6-16,21-22H2,1-5H3. The first-order chi connectivity index (χ1) is 12.0. The molecule has 0 radical (unpaired) electrons. The van der Waals surface area contributed by atoms with Crippen LogP contribution in [0.15, 0.2) is 0 Å². The molecule has 0 aromatic heterocycles. The van der Waals surface area contributed by atoms with E-state index in [0.29, 0.717) is 25.0 Å². The maximum atomic E-state index is 5.65. The normalized spacial score (nSPS) is 15.7. The summed E-state index contributed by atoms with van der Waals surface area (Å²) in [4.78, 5) is 2.34. The second-order valence-electron chi connectivity index (χ2n) is 7.90. The summed E-state index contributed by atoms with van der Waals surface area (Å²) in [6.07, 6.45) is 3.82. The van der Waals surface area contributed by atoms with Gasteiger partial charge in [-0.25, -0.2) is 0 Å². The van der Waals surface area contributed by atoms with E-state index in [2.05, 4.69) is 50.2 Å². The van der Waals surface area contributed by atoms with Crippen molar-refractivity contribution in [1.29, 1.82) is 0 Å². The molecule has 0 fully saturated rings. The summed E-state index contributed by atoms with van der Waals surface area (Å²) in [7, 11) is 0. The summed E-state index contributed by atoms with van der Waals surface area (Å²) in [6, 6.07) is 0.598. The molecule has 0 aromatic carbocycles. The second-order valence-corrected chi connectivity index (χ2v) is 7.90. The van der Waals surface area contributed by atoms with Crippen molar-refractivity contribution in [2.75, 3.05) is 52.4 Å². The Balaban J connectivity index is 3.97. The second kappa shape index (κ2) is 16.0. The van der Waals surface area contributed by atoms with Gasteiger partial charge in [0, 0.05) is 45.3 Å². The van der Waals surface area contributed by atoms with Gasteiger partial charge < -0.3 is 22.1 Å². The first kappa shape index (κ1) is 24.8. The van der Waals surface area contributed by atoms with Gasteiger partial charge in [-0.05, 0) is 50.6 Å². The van der Waals surface area contributed by atoms with E-state index in [0.717, 1.165) is 51.1 Å². The molecule has 25 heavy (non-hydrogen) atoms. The smallest absolute Gasteiger partial charge is 0.0108 e. The first-order valence-corrected chi connectivity index (χ1v) is 10.5. The quantitative estimate of drug-likeness (QED) is 0.299. The van der Waals surface area contributed by atoms with Crippen molar-refractivity contribution in [2.24, 2.45) is 29.2 Å². The molecule has 0 amide bonds. The van der Waals surface area contributed by atoms with Crippen LogP contribution in [0.1, 0.15) is 53.9 Å². The highest BCUT2D eigenvalue weighted by molar-refractivity contribution is 4.73. The van der Waals surface area contributed by atoms with Crippen molar-refractivity contribution in [2.45, 2.75) is 59.9 Å². The number of nitrogens with two attached hydrogens (primary N) is 2. The zero-order valence-electron chi connectivity index (χ0n) is 17.7. The van der Waals surface area contributed by atoms with E-state index in [1.54, 1.807) is 0 Å². The van der Waals surface area contributed by atoms with Crippen molar-refractivity contribution >= 4 is 0 Å². The van der Waals surface area contributed by atoms with Crippen molar-refractivity contribution in [3.8, 4) is 0 Å². The summed E-state index contributed by atoms with van der Waals surface area (Å²) >= 11 is 0. The van der Waals surface area contributed by atoms with Gasteiger partial charge in [0.05, 0.1) is 0 Å². The third-order valence-electron chi connectivity index (χ3n) is 5.57. The van der Waals surface area contributed by atoms with Crippen LogP contribution in [-0.4, -0.2) is 63.3 Å². The summed E-state index contributed by atoms with van der Waals surface area (Å²) in [5.74, 6) is 2.26. The number of nitrogens with one attached hydrogen (secondary N) is 2. The average molecular weight is 358 g/mol. The Hall–Kier alpha value is -0.200. The zero-order chi connectivity index (χ0) is 19.1. The van der Waals surface area contributed by atoms with Gasteiger partial charge >= 0.3 is 0 Å². The van der Waals surface area contributed by atoms with Crippen molar-refractivity contribution < 1.29 is 0 Å². The Kier molecular flexibility index (Phi) is 15.9. The van der Waals surface area contributed by atoms with Gasteiger partial charge in [0.25, 0.3) is 0 Å². The maximum absolute atomic E-state index is 5.65. The van der Waals surface area contributed by atoms with E-state index in [4.69, 9.17) is 11.5 Å². The lowest BCUT2D eigenvalue weighted by Crippen LogP contribution is -2.39. The van der Waals surface area contributed by atoms with Crippen LogP contribution >= 0.6 is 0 Å². The molecular weight excluding hydrogens is 310 g/mol. The fourth-order valence-electron chi connectivity index (χ4n) is 3.05. The third-order valence-corrected chi connectivity index (χ3v) is 5.57. The lowest BCUT2D eigenvalue weighted by Gasteiger charge is -2.27. The highest BCUT2D eigenvalue weighted by Gasteiger charge is 2.17. The molecule has 152 valence electrons. The third kappa shape index (κ3) is 12.7. The molecule has 0 aliphatic carbocycles. The van der Waals surface area contributed by atoms with E-state index in [-0.39, 0.29) is 0 Å². The van der Waals surface area contributed by atoms with E-state index in [1.807, 2.05) is 0 Å². The molecule has 3 atom stereocenters. The molecule has 0 aromatic rings. The summed E-state index contributed by atoms with van der Waals surface area (Å²) in [5, 5.41) is 7.33. The molecule has 3 unspecified atom stereocenters. The minimum atomic E-state index is 0.598. The summed E-state index contributed by atoms with van der Waals surface area (Å²) in [6.45, 7) is 19.2. The fraction of sp³-hybridized carbons (Fsp3) is 1.00. The summed E-state index contributed by atoms with van der Waals surface area (Å²) < 4.78 is 0. The van der Waals surface area contributed by atoms with Gasteiger partial charge in [0.2, 0.25) is 0 Å². The molecule has 0 aliphatic rings. The Morgan fingerprint density at radius 2 is 1.56 bits per heavy atom. The first-order valence-electron chi connectivity index (χ1n) is 10.5. The average Bonchev–Trinajstić information content (AvgIpc) is 2.59. The van der Waals surface area contributed by atoms with E-state index in [1.165, 1.54) is 19.3 Å². The van der Waals surface area contributed by atoms with Crippen LogP contribution in [0.3, 0.4) is 0 Å². The van der Waals surface area contributed by atoms with Crippen molar-refractivity contribution in [3.63, 3.8) is 0 Å². The van der Waals surface area contributed by atoms with Crippen LogP contribution < -0.4 is 22.1 Å². The van der Waals surface area contributed by atoms with Gasteiger partial charge in [-0.3, -0.25) is 4.90 Å². The number of rotatable bonds is 17. The number of hydrogen-bond acceptors (Lipinski definition) is 5. The topological polar surface area (TPSA) is 79.3 Å². The van der Waals surface area contributed by atoms with Gasteiger partial charge in [-0.2, -0.15) is 0 Å². The molecule has 0 heterocycles. The minimum absolute atomic E-state index is 0.598. The Labute approximate surface area is 157 Å². The van der Waals surface area contributed by atoms with E-state index >= 15 is 0 Å². The Bertz CT molecular complexity index is 279. The number of hydrogen-bond donors (Lipinski definition) is 4. The van der Waals surface area contributed by atoms with Crippen LogP contribution in [0, 0.1) is 17.8 Å². The maximum Gasteiger partial charge on any atom is 0.0108 e. The van der Waals surface area contributed by atoms with E-state index in [9.17, 15) is 0 Å². The van der Waals surface area contributed by atoms with Crippen LogP contribution in [0.2, 0.25) is 0 Å². The van der Waals surface area contributed by atoms with Crippen LogP contribution in [0.4, 0.5) is 0 Å². The van der Waals surface area contributed by atoms with Gasteiger partial charge in [-0.15, -0.1) is 0 Å². The molecular formula is C20H47N5. The zero-order valence-corrected chi connectivity index (χ0v) is 17.7. The minimum Gasteiger partial charge on any atom is -0.329 e. The monoisotopic (exact) mass is 357 g/mol. The van der Waals surface area contributed by atoms with Crippen LogP contribution in [0.25, 0.3) is 0 Å². The highest BCUT2D eigenvalue weighted by atomic mass is 15.1. The Morgan fingerprint density at radius 3 is 2.08 bits per heavy atom. The molecule has 0 saturated heterocycles. The van der Waals surface area contributed by atoms with Gasteiger partial charge in [-0.1, -0.05) is 34.1 Å². The molecule has 5 heteroatoms. The molecule has 0 bridgehead atoms. The molecule has 5 nitrogen and oxygen atoms in total. The molecule has 0 spiro atoms. The van der Waals surface area contributed by atoms with Crippen molar-refractivity contribution in [1.82, 2.24) is 15.5 Å². The predicted molar refractivity (Wildman–Crippen MR) is 112 cm³/mol. The molecule has 0 rings (SSSR count). The van der Waals surface area contributed by atoms with Crippen molar-refractivity contribution in [3.05, 3.63) is 0 Å². The van der Waals surface area contributed by atoms with Gasteiger partial charge in [0.15, 0.2) is 0 Å². The fourth-order valence-corrected chi connectivity index (χ4v) is 3.05. The Morgan fingerprint density at radius 1 is 0.920 bits per heavy atom. The molecule has 6 N–H and O–H groups in total.